The summed E-state index contributed by atoms with van der Waals surface area (Å²) in [5, 5.41) is 6.90. The van der Waals surface area contributed by atoms with Gasteiger partial charge >= 0.3 is 0 Å². The Kier molecular flexibility index (Phi) is 6.18. The van der Waals surface area contributed by atoms with Gasteiger partial charge in [0.15, 0.2) is 0 Å². The monoisotopic (exact) mass is 411 g/mol. The minimum Gasteiger partial charge on any atom is -0.352 e. The second-order valence-corrected chi connectivity index (χ2v) is 10.5. The van der Waals surface area contributed by atoms with Gasteiger partial charge in [0.05, 0.1) is 6.42 Å². The van der Waals surface area contributed by atoms with Crippen LogP contribution >= 0.6 is 7.14 Å². The summed E-state index contributed by atoms with van der Waals surface area (Å²) >= 11 is 0. The summed E-state index contributed by atoms with van der Waals surface area (Å²) in [7, 11) is -0.360. The van der Waals surface area contributed by atoms with E-state index in [1.807, 2.05) is 61.4 Å². The van der Waals surface area contributed by atoms with Gasteiger partial charge in [-0.25, -0.2) is 4.98 Å². The Labute approximate surface area is 171 Å². The van der Waals surface area contributed by atoms with Gasteiger partial charge < -0.3 is 20.1 Å². The minimum atomic E-state index is -2.28. The molecule has 29 heavy (non-hydrogen) atoms. The van der Waals surface area contributed by atoms with Gasteiger partial charge in [0.1, 0.15) is 13.0 Å². The Morgan fingerprint density at radius 3 is 2.55 bits per heavy atom. The number of carbonyl (C=O) groups excluding carboxylic acids is 1. The highest BCUT2D eigenvalue weighted by Gasteiger charge is 2.18. The van der Waals surface area contributed by atoms with Crippen molar-refractivity contribution in [1.82, 2.24) is 15.3 Å². The number of allylic oxidation sites excluding steroid dienone is 2. The summed E-state index contributed by atoms with van der Waals surface area (Å²) in [4.78, 5) is 22.4. The Hall–Kier alpha value is -2.92. The van der Waals surface area contributed by atoms with Crippen molar-refractivity contribution >= 4 is 35.8 Å². The maximum atomic E-state index is 12.2. The molecule has 2 N–H and O–H groups in total. The van der Waals surface area contributed by atoms with E-state index < -0.39 is 7.14 Å². The molecule has 1 amide bonds. The van der Waals surface area contributed by atoms with E-state index in [9.17, 15) is 9.36 Å². The lowest BCUT2D eigenvalue weighted by molar-refractivity contribution is -0.118. The molecule has 0 unspecified atom stereocenters. The van der Waals surface area contributed by atoms with E-state index in [4.69, 9.17) is 0 Å². The quantitative estimate of drug-likeness (QED) is 0.710. The zero-order valence-electron chi connectivity index (χ0n) is 17.1. The molecule has 1 aromatic heterocycles. The van der Waals surface area contributed by atoms with Crippen LogP contribution in [0.5, 0.6) is 0 Å². The molecule has 1 saturated heterocycles. The number of nitrogens with zero attached hydrogens (tertiary/aromatic N) is 3. The molecule has 0 spiro atoms. The van der Waals surface area contributed by atoms with Crippen molar-refractivity contribution in [3.63, 3.8) is 0 Å². The molecule has 7 nitrogen and oxygen atoms in total. The standard InChI is InChI=1S/C21H26N5O2P/c1-5-6-18(15-13-20(27)23-14-15)24-21-22-12-11-19(25-21)26(2)16-7-9-17(10-8-16)29(3,4)28/h5-12H,13-14H2,1-4H3,(H,23,27)(H,22,24,25)/b6-5-,18-15+. The van der Waals surface area contributed by atoms with Gasteiger partial charge in [-0.1, -0.05) is 6.08 Å². The lowest BCUT2D eigenvalue weighted by atomic mass is 10.1. The molecule has 1 fully saturated rings. The van der Waals surface area contributed by atoms with Crippen LogP contribution in [0.1, 0.15) is 13.3 Å². The number of amides is 1. The Bertz CT molecular complexity index is 1010. The van der Waals surface area contributed by atoms with Gasteiger partial charge in [-0.05, 0) is 62.2 Å². The number of nitrogens with one attached hydrogen (secondary N) is 2. The second kappa shape index (κ2) is 8.62. The average molecular weight is 411 g/mol. The van der Waals surface area contributed by atoms with Crippen molar-refractivity contribution in [1.29, 1.82) is 0 Å². The zero-order chi connectivity index (χ0) is 21.0. The summed E-state index contributed by atoms with van der Waals surface area (Å²) in [6.45, 7) is 5.97. The molecule has 0 saturated carbocycles. The highest BCUT2D eigenvalue weighted by atomic mass is 31.2. The highest BCUT2D eigenvalue weighted by molar-refractivity contribution is 7.70. The first-order chi connectivity index (χ1) is 13.8. The van der Waals surface area contributed by atoms with Gasteiger partial charge in [0.25, 0.3) is 0 Å². The van der Waals surface area contributed by atoms with Crippen LogP contribution in [-0.4, -0.2) is 42.8 Å². The molecule has 0 aliphatic carbocycles. The molecular formula is C21H26N5O2P. The normalized spacial score (nSPS) is 16.1. The van der Waals surface area contributed by atoms with Crippen molar-refractivity contribution < 1.29 is 9.36 Å². The van der Waals surface area contributed by atoms with Crippen molar-refractivity contribution in [2.24, 2.45) is 0 Å². The van der Waals surface area contributed by atoms with Crippen LogP contribution in [0.25, 0.3) is 0 Å². The van der Waals surface area contributed by atoms with Gasteiger partial charge in [-0.2, -0.15) is 4.98 Å². The molecule has 152 valence electrons. The molecule has 0 radical (unpaired) electrons. The Morgan fingerprint density at radius 2 is 1.97 bits per heavy atom. The van der Waals surface area contributed by atoms with Crippen LogP contribution in [-0.2, 0) is 9.36 Å². The fourth-order valence-corrected chi connectivity index (χ4v) is 3.88. The van der Waals surface area contributed by atoms with E-state index in [2.05, 4.69) is 20.6 Å². The van der Waals surface area contributed by atoms with Gasteiger partial charge in [-0.15, -0.1) is 0 Å². The largest absolute Gasteiger partial charge is 0.352 e. The SMILES string of the molecule is C/C=C\C(Nc1nccc(N(C)c2ccc(P(C)(C)=O)cc2)n1)=C1/CNC(=O)C1. The number of carbonyl (C=O) groups is 1. The molecule has 3 rings (SSSR count). The molecule has 8 heteroatoms. The van der Waals surface area contributed by atoms with Crippen LogP contribution in [0.4, 0.5) is 17.5 Å². The maximum absolute atomic E-state index is 12.2. The molecule has 0 bridgehead atoms. The molecule has 0 atom stereocenters. The third kappa shape index (κ3) is 5.12. The smallest absolute Gasteiger partial charge is 0.229 e. The van der Waals surface area contributed by atoms with Crippen molar-refractivity contribution in [3.8, 4) is 0 Å². The van der Waals surface area contributed by atoms with E-state index in [1.165, 1.54) is 0 Å². The lowest BCUT2D eigenvalue weighted by Gasteiger charge is -2.20. The first-order valence-electron chi connectivity index (χ1n) is 9.39. The number of aromatic nitrogens is 2. The Morgan fingerprint density at radius 1 is 1.24 bits per heavy atom. The van der Waals surface area contributed by atoms with Gasteiger partial charge in [-0.3, -0.25) is 4.79 Å². The molecular weight excluding hydrogens is 385 g/mol. The van der Waals surface area contributed by atoms with E-state index in [0.717, 1.165) is 28.1 Å². The van der Waals surface area contributed by atoms with E-state index in [-0.39, 0.29) is 5.91 Å². The predicted octanol–water partition coefficient (Wildman–Crippen LogP) is 3.25. The van der Waals surface area contributed by atoms with Crippen LogP contribution in [0.15, 0.2) is 60.0 Å². The van der Waals surface area contributed by atoms with Gasteiger partial charge in [0, 0.05) is 36.5 Å². The molecule has 2 aromatic rings. The van der Waals surface area contributed by atoms with E-state index >= 15 is 0 Å². The number of benzene rings is 1. The number of rotatable bonds is 6. The summed E-state index contributed by atoms with van der Waals surface area (Å²) in [5.74, 6) is 1.19. The van der Waals surface area contributed by atoms with Gasteiger partial charge in [0.2, 0.25) is 11.9 Å². The van der Waals surface area contributed by atoms with E-state index in [1.54, 1.807) is 19.5 Å². The Balaban J connectivity index is 1.83. The summed E-state index contributed by atoms with van der Waals surface area (Å²) in [5.41, 5.74) is 2.75. The fraction of sp³-hybridized carbons (Fsp3) is 0.286. The minimum absolute atomic E-state index is 0.0189. The molecule has 1 aromatic carbocycles. The highest BCUT2D eigenvalue weighted by Crippen LogP contribution is 2.35. The van der Waals surface area contributed by atoms with Crippen molar-refractivity contribution in [3.05, 3.63) is 60.0 Å². The predicted molar refractivity (Wildman–Crippen MR) is 119 cm³/mol. The average Bonchev–Trinajstić information content (AvgIpc) is 3.13. The first kappa shape index (κ1) is 20.8. The van der Waals surface area contributed by atoms with Crippen LogP contribution in [0, 0.1) is 0 Å². The first-order valence-corrected chi connectivity index (χ1v) is 12.0. The van der Waals surface area contributed by atoms with Crippen LogP contribution in [0.2, 0.25) is 0 Å². The van der Waals surface area contributed by atoms with Crippen molar-refractivity contribution in [2.75, 3.05) is 37.1 Å². The lowest BCUT2D eigenvalue weighted by Crippen LogP contribution is -2.14. The number of anilines is 3. The fourth-order valence-electron chi connectivity index (χ4n) is 3.01. The van der Waals surface area contributed by atoms with Crippen LogP contribution < -0.4 is 20.8 Å². The third-order valence-corrected chi connectivity index (χ3v) is 6.22. The summed E-state index contributed by atoms with van der Waals surface area (Å²) in [6.07, 6.45) is 5.90. The van der Waals surface area contributed by atoms with Crippen LogP contribution in [0.3, 0.4) is 0 Å². The zero-order valence-corrected chi connectivity index (χ0v) is 18.0. The summed E-state index contributed by atoms with van der Waals surface area (Å²) in [6, 6.07) is 9.49. The topological polar surface area (TPSA) is 87.2 Å². The molecule has 2 heterocycles. The summed E-state index contributed by atoms with van der Waals surface area (Å²) < 4.78 is 12.2. The molecule has 1 aliphatic rings. The number of hydrogen-bond donors (Lipinski definition) is 2. The number of hydrogen-bond acceptors (Lipinski definition) is 6. The third-order valence-electron chi connectivity index (χ3n) is 4.68. The maximum Gasteiger partial charge on any atom is 0.229 e. The second-order valence-electron chi connectivity index (χ2n) is 7.26. The van der Waals surface area contributed by atoms with E-state index in [0.29, 0.717) is 18.9 Å². The molecule has 1 aliphatic heterocycles. The van der Waals surface area contributed by atoms with Crippen molar-refractivity contribution in [2.45, 2.75) is 13.3 Å².